The molecule has 1 aliphatic heterocycles. The molecule has 0 unspecified atom stereocenters. The molecule has 1 aromatic rings. The first-order valence-electron chi connectivity index (χ1n) is 8.29. The van der Waals surface area contributed by atoms with Crippen molar-refractivity contribution in [1.29, 1.82) is 0 Å². The maximum Gasteiger partial charge on any atom is 0.292 e. The predicted molar refractivity (Wildman–Crippen MR) is 90.3 cm³/mol. The van der Waals surface area contributed by atoms with Crippen molar-refractivity contribution in [2.75, 3.05) is 11.4 Å². The number of halogens is 1. The van der Waals surface area contributed by atoms with Crippen molar-refractivity contribution in [1.82, 2.24) is 0 Å². The van der Waals surface area contributed by atoms with Crippen LogP contribution >= 0.6 is 11.6 Å². The fraction of sp³-hybridized carbons (Fsp3) is 0.444. The normalized spacial score (nSPS) is 21.7. The predicted octanol–water partition coefficient (Wildman–Crippen LogP) is 2.43. The van der Waals surface area contributed by atoms with E-state index < -0.39 is 0 Å². The lowest BCUT2D eigenvalue weighted by Crippen LogP contribution is -2.91. The van der Waals surface area contributed by atoms with Gasteiger partial charge in [0, 0.05) is 11.4 Å². The highest BCUT2D eigenvalue weighted by molar-refractivity contribution is 6.31. The van der Waals surface area contributed by atoms with Crippen LogP contribution in [0.25, 0.3) is 0 Å². The Morgan fingerprint density at radius 3 is 2.87 bits per heavy atom. The van der Waals surface area contributed by atoms with Gasteiger partial charge in [-0.1, -0.05) is 29.3 Å². The molecule has 23 heavy (non-hydrogen) atoms. The summed E-state index contributed by atoms with van der Waals surface area (Å²) in [6.07, 6.45) is 8.53. The van der Waals surface area contributed by atoms with Gasteiger partial charge in [0.05, 0.1) is 18.7 Å². The quantitative estimate of drug-likeness (QED) is 0.664. The zero-order valence-corrected chi connectivity index (χ0v) is 13.9. The zero-order valence-electron chi connectivity index (χ0n) is 13.1. The molecule has 122 valence electrons. The van der Waals surface area contributed by atoms with Crippen molar-refractivity contribution in [3.63, 3.8) is 0 Å². The fourth-order valence-electron chi connectivity index (χ4n) is 3.33. The topological polar surface area (TPSA) is 54.0 Å². The van der Waals surface area contributed by atoms with Crippen LogP contribution in [0.1, 0.15) is 38.5 Å². The molecule has 0 aromatic heterocycles. The number of imide groups is 1. The van der Waals surface area contributed by atoms with Gasteiger partial charge < -0.3 is 5.32 Å². The minimum absolute atomic E-state index is 0.130. The molecule has 0 spiro atoms. The lowest BCUT2D eigenvalue weighted by atomic mass is 9.97. The Balaban J connectivity index is 1.59. The third-order valence-electron chi connectivity index (χ3n) is 4.55. The molecule has 0 radical (unpaired) electrons. The summed E-state index contributed by atoms with van der Waals surface area (Å²) in [6, 6.07) is 6.59. The maximum absolute atomic E-state index is 12.5. The summed E-state index contributed by atoms with van der Waals surface area (Å²) >= 11 is 5.96. The van der Waals surface area contributed by atoms with Crippen LogP contribution in [0.15, 0.2) is 35.9 Å². The molecule has 1 atom stereocenters. The Kier molecular flexibility index (Phi) is 5.13. The molecule has 5 heteroatoms. The van der Waals surface area contributed by atoms with Crippen LogP contribution in [0.3, 0.4) is 0 Å². The second-order valence-electron chi connectivity index (χ2n) is 6.24. The van der Waals surface area contributed by atoms with Gasteiger partial charge in [-0.3, -0.25) is 9.59 Å². The summed E-state index contributed by atoms with van der Waals surface area (Å²) in [5.74, 6) is -0.273. The summed E-state index contributed by atoms with van der Waals surface area (Å²) in [4.78, 5) is 26.0. The largest absolute Gasteiger partial charge is 0.335 e. The van der Waals surface area contributed by atoms with Gasteiger partial charge in [0.25, 0.3) is 5.91 Å². The van der Waals surface area contributed by atoms with Crippen molar-refractivity contribution >= 4 is 29.1 Å². The van der Waals surface area contributed by atoms with Crippen LogP contribution in [-0.2, 0) is 9.59 Å². The molecule has 1 aromatic carbocycles. The summed E-state index contributed by atoms with van der Waals surface area (Å²) in [5, 5.41) is 2.54. The summed E-state index contributed by atoms with van der Waals surface area (Å²) in [5.41, 5.74) is 2.06. The number of nitrogens with zero attached hydrogens (tertiary/aromatic N) is 1. The smallest absolute Gasteiger partial charge is 0.292 e. The summed E-state index contributed by atoms with van der Waals surface area (Å²) in [6.45, 7) is 0.860. The van der Waals surface area contributed by atoms with Gasteiger partial charge in [-0.15, -0.1) is 0 Å². The van der Waals surface area contributed by atoms with Crippen molar-refractivity contribution in [2.24, 2.45) is 0 Å². The molecule has 0 saturated carbocycles. The number of carbonyl (C=O) groups excluding carboxylic acids is 2. The second kappa shape index (κ2) is 7.28. The minimum atomic E-state index is -0.300. The van der Waals surface area contributed by atoms with Crippen LogP contribution in [0.2, 0.25) is 5.02 Å². The number of allylic oxidation sites excluding steroid dienone is 1. The molecule has 1 aliphatic carbocycles. The lowest BCUT2D eigenvalue weighted by molar-refractivity contribution is -0.674. The number of nitrogens with two attached hydrogens (primary N) is 1. The van der Waals surface area contributed by atoms with Crippen LogP contribution in [0.4, 0.5) is 5.69 Å². The molecule has 0 bridgehead atoms. The highest BCUT2D eigenvalue weighted by Gasteiger charge is 2.42. The third-order valence-corrected chi connectivity index (χ3v) is 4.78. The molecule has 1 heterocycles. The van der Waals surface area contributed by atoms with E-state index in [1.54, 1.807) is 24.3 Å². The number of rotatable bonds is 5. The average Bonchev–Trinajstić information content (AvgIpc) is 2.82. The maximum atomic E-state index is 12.5. The van der Waals surface area contributed by atoms with Gasteiger partial charge in [-0.2, -0.15) is 0 Å². The van der Waals surface area contributed by atoms with E-state index in [1.165, 1.54) is 36.2 Å². The first-order chi connectivity index (χ1) is 11.1. The van der Waals surface area contributed by atoms with Crippen LogP contribution in [0.5, 0.6) is 0 Å². The van der Waals surface area contributed by atoms with E-state index in [9.17, 15) is 9.59 Å². The second-order valence-corrected chi connectivity index (χ2v) is 6.68. The molecule has 3 rings (SSSR count). The lowest BCUT2D eigenvalue weighted by Gasteiger charge is -2.15. The van der Waals surface area contributed by atoms with E-state index in [-0.39, 0.29) is 24.3 Å². The Morgan fingerprint density at radius 1 is 1.26 bits per heavy atom. The van der Waals surface area contributed by atoms with Crippen molar-refractivity contribution in [2.45, 2.75) is 44.6 Å². The molecule has 2 amide bonds. The first kappa shape index (κ1) is 16.2. The molecule has 4 nitrogen and oxygen atoms in total. The van der Waals surface area contributed by atoms with Gasteiger partial charge >= 0.3 is 0 Å². The Bertz CT molecular complexity index is 642. The Labute approximate surface area is 141 Å². The Morgan fingerprint density at radius 2 is 2.13 bits per heavy atom. The average molecular weight is 334 g/mol. The number of benzene rings is 1. The van der Waals surface area contributed by atoms with Gasteiger partial charge in [0.15, 0.2) is 6.04 Å². The highest BCUT2D eigenvalue weighted by atomic mass is 35.5. The van der Waals surface area contributed by atoms with Crippen LogP contribution < -0.4 is 10.2 Å². The van der Waals surface area contributed by atoms with Gasteiger partial charge in [-0.25, -0.2) is 4.90 Å². The SMILES string of the molecule is O=C1C[C@@H]([NH2+]CCC2=CCCCC2)C(=O)N1c1cccc(Cl)c1. The van der Waals surface area contributed by atoms with Crippen molar-refractivity contribution in [3.8, 4) is 0 Å². The molecule has 1 fully saturated rings. The van der Waals surface area contributed by atoms with E-state index in [1.807, 2.05) is 5.32 Å². The zero-order chi connectivity index (χ0) is 16.2. The molecular formula is C18H22ClN2O2+. The van der Waals surface area contributed by atoms with Crippen molar-refractivity contribution in [3.05, 3.63) is 40.9 Å². The van der Waals surface area contributed by atoms with E-state index in [4.69, 9.17) is 11.6 Å². The van der Waals surface area contributed by atoms with E-state index in [0.717, 1.165) is 13.0 Å². The standard InChI is InChI=1S/C18H21ClN2O2/c19-14-7-4-8-15(11-14)21-17(22)12-16(18(21)23)20-10-9-13-5-2-1-3-6-13/h4-5,7-8,11,16,20H,1-3,6,9-10,12H2/p+1/t16-/m1/s1. The summed E-state index contributed by atoms with van der Waals surface area (Å²) < 4.78 is 0. The van der Waals surface area contributed by atoms with Crippen LogP contribution in [-0.4, -0.2) is 24.4 Å². The molecule has 1 saturated heterocycles. The van der Waals surface area contributed by atoms with E-state index >= 15 is 0 Å². The number of hydrogen-bond acceptors (Lipinski definition) is 2. The van der Waals surface area contributed by atoms with Gasteiger partial charge in [-0.05, 0) is 43.9 Å². The monoisotopic (exact) mass is 333 g/mol. The fourth-order valence-corrected chi connectivity index (χ4v) is 3.51. The highest BCUT2D eigenvalue weighted by Crippen LogP contribution is 2.24. The van der Waals surface area contributed by atoms with E-state index in [0.29, 0.717) is 10.7 Å². The van der Waals surface area contributed by atoms with E-state index in [2.05, 4.69) is 6.08 Å². The van der Waals surface area contributed by atoms with Gasteiger partial charge in [0.1, 0.15) is 0 Å². The first-order valence-corrected chi connectivity index (χ1v) is 8.66. The minimum Gasteiger partial charge on any atom is -0.335 e. The molecule has 2 aliphatic rings. The van der Waals surface area contributed by atoms with Gasteiger partial charge in [0.2, 0.25) is 5.91 Å². The van der Waals surface area contributed by atoms with Crippen LogP contribution in [0, 0.1) is 0 Å². The molecule has 2 N–H and O–H groups in total. The molecular weight excluding hydrogens is 312 g/mol. The third kappa shape index (κ3) is 3.82. The number of anilines is 1. The number of hydrogen-bond donors (Lipinski definition) is 1. The number of amides is 2. The number of carbonyl (C=O) groups is 2. The number of quaternary nitrogens is 1. The Hall–Kier alpha value is -1.65. The summed E-state index contributed by atoms with van der Waals surface area (Å²) in [7, 11) is 0. The van der Waals surface area contributed by atoms with Crippen molar-refractivity contribution < 1.29 is 14.9 Å².